The smallest absolute Gasteiger partial charge is 0.0332 e. The van der Waals surface area contributed by atoms with Gasteiger partial charge in [-0.15, -0.1) is 0 Å². The molecular formula is C15H30N2. The van der Waals surface area contributed by atoms with Gasteiger partial charge in [0.1, 0.15) is 0 Å². The average molecular weight is 238 g/mol. The summed E-state index contributed by atoms with van der Waals surface area (Å²) in [5.74, 6) is 0.984. The van der Waals surface area contributed by atoms with Crippen molar-refractivity contribution in [1.82, 2.24) is 4.90 Å². The molecule has 17 heavy (non-hydrogen) atoms. The molecule has 3 atom stereocenters. The average Bonchev–Trinajstić information content (AvgIpc) is 2.84. The molecule has 1 saturated carbocycles. The van der Waals surface area contributed by atoms with Crippen LogP contribution in [0.4, 0.5) is 0 Å². The summed E-state index contributed by atoms with van der Waals surface area (Å²) in [4.78, 5) is 2.83. The van der Waals surface area contributed by atoms with Crippen LogP contribution in [0.15, 0.2) is 0 Å². The van der Waals surface area contributed by atoms with E-state index in [0.717, 1.165) is 18.5 Å². The molecule has 2 nitrogen and oxygen atoms in total. The Balaban J connectivity index is 2.16. The Labute approximate surface area is 107 Å². The molecule has 2 rings (SSSR count). The van der Waals surface area contributed by atoms with Crippen LogP contribution in [0.25, 0.3) is 0 Å². The molecule has 2 fully saturated rings. The summed E-state index contributed by atoms with van der Waals surface area (Å²) in [5, 5.41) is 0. The highest BCUT2D eigenvalue weighted by molar-refractivity contribution is 4.99. The molecule has 1 aliphatic heterocycles. The molecule has 0 amide bonds. The van der Waals surface area contributed by atoms with Gasteiger partial charge in [0.25, 0.3) is 0 Å². The zero-order valence-electron chi connectivity index (χ0n) is 11.8. The van der Waals surface area contributed by atoms with Gasteiger partial charge in [0.15, 0.2) is 0 Å². The summed E-state index contributed by atoms with van der Waals surface area (Å²) in [6.07, 6.45) is 11.0. The topological polar surface area (TPSA) is 29.3 Å². The third-order valence-electron chi connectivity index (χ3n) is 5.36. The van der Waals surface area contributed by atoms with Crippen LogP contribution in [-0.2, 0) is 0 Å². The zero-order chi connectivity index (χ0) is 12.3. The highest BCUT2D eigenvalue weighted by Crippen LogP contribution is 2.41. The van der Waals surface area contributed by atoms with Gasteiger partial charge in [0, 0.05) is 18.1 Å². The van der Waals surface area contributed by atoms with Gasteiger partial charge in [0.2, 0.25) is 0 Å². The van der Waals surface area contributed by atoms with Crippen LogP contribution >= 0.6 is 0 Å². The van der Waals surface area contributed by atoms with Crippen molar-refractivity contribution < 1.29 is 0 Å². The molecule has 2 aliphatic rings. The number of likely N-dealkylation sites (tertiary alicyclic amines) is 1. The molecule has 1 saturated heterocycles. The first-order valence-corrected chi connectivity index (χ1v) is 7.74. The number of hydrogen-bond donors (Lipinski definition) is 1. The number of hydrogen-bond acceptors (Lipinski definition) is 2. The monoisotopic (exact) mass is 238 g/mol. The summed E-state index contributed by atoms with van der Waals surface area (Å²) in [6, 6.07) is 0.860. The minimum absolute atomic E-state index is 0.308. The summed E-state index contributed by atoms with van der Waals surface area (Å²) >= 11 is 0. The van der Waals surface area contributed by atoms with Crippen molar-refractivity contribution in [3.63, 3.8) is 0 Å². The van der Waals surface area contributed by atoms with Crippen LogP contribution in [-0.4, -0.2) is 29.6 Å². The van der Waals surface area contributed by atoms with E-state index < -0.39 is 0 Å². The van der Waals surface area contributed by atoms with Crippen LogP contribution < -0.4 is 5.73 Å². The molecule has 0 aromatic rings. The highest BCUT2D eigenvalue weighted by Gasteiger charge is 2.43. The summed E-state index contributed by atoms with van der Waals surface area (Å²) in [5.41, 5.74) is 6.48. The first-order valence-electron chi connectivity index (χ1n) is 7.74. The van der Waals surface area contributed by atoms with Crippen LogP contribution in [0, 0.1) is 5.92 Å². The predicted molar refractivity (Wildman–Crippen MR) is 74.1 cm³/mol. The second-order valence-electron chi connectivity index (χ2n) is 6.13. The van der Waals surface area contributed by atoms with Crippen molar-refractivity contribution in [2.75, 3.05) is 13.1 Å². The van der Waals surface area contributed by atoms with Crippen molar-refractivity contribution >= 4 is 0 Å². The van der Waals surface area contributed by atoms with E-state index in [9.17, 15) is 0 Å². The Morgan fingerprint density at radius 1 is 1.18 bits per heavy atom. The Morgan fingerprint density at radius 2 is 1.94 bits per heavy atom. The third-order valence-corrected chi connectivity index (χ3v) is 5.36. The first kappa shape index (κ1) is 13.4. The summed E-state index contributed by atoms with van der Waals surface area (Å²) in [6.45, 7) is 6.78. The van der Waals surface area contributed by atoms with Gasteiger partial charge >= 0.3 is 0 Å². The fourth-order valence-corrected chi connectivity index (χ4v) is 4.40. The number of nitrogens with two attached hydrogens (primary N) is 1. The molecule has 0 spiro atoms. The maximum Gasteiger partial charge on any atom is 0.0332 e. The number of piperidine rings is 1. The SMILES string of the molecule is CCCC(CC)(CN)N1CCCC2CCCC21. The molecule has 1 aliphatic carbocycles. The Morgan fingerprint density at radius 3 is 2.59 bits per heavy atom. The Kier molecular flexibility index (Phi) is 4.48. The third kappa shape index (κ3) is 2.39. The van der Waals surface area contributed by atoms with Gasteiger partial charge in [-0.2, -0.15) is 0 Å². The number of nitrogens with zero attached hydrogens (tertiary/aromatic N) is 1. The maximum atomic E-state index is 6.18. The van der Waals surface area contributed by atoms with E-state index in [1.54, 1.807) is 0 Å². The van der Waals surface area contributed by atoms with Gasteiger partial charge in [-0.25, -0.2) is 0 Å². The van der Waals surface area contributed by atoms with Gasteiger partial charge in [-0.1, -0.05) is 26.7 Å². The molecule has 2 heteroatoms. The molecule has 2 N–H and O–H groups in total. The fourth-order valence-electron chi connectivity index (χ4n) is 4.40. The van der Waals surface area contributed by atoms with Crippen molar-refractivity contribution in [2.24, 2.45) is 11.7 Å². The van der Waals surface area contributed by atoms with E-state index in [1.165, 1.54) is 57.9 Å². The molecule has 100 valence electrons. The van der Waals surface area contributed by atoms with E-state index in [4.69, 9.17) is 5.73 Å². The summed E-state index contributed by atoms with van der Waals surface area (Å²) < 4.78 is 0. The lowest BCUT2D eigenvalue weighted by molar-refractivity contribution is -0.00486. The minimum Gasteiger partial charge on any atom is -0.329 e. The van der Waals surface area contributed by atoms with Gasteiger partial charge < -0.3 is 5.73 Å². The number of rotatable bonds is 5. The molecule has 0 aromatic carbocycles. The molecule has 0 bridgehead atoms. The highest BCUT2D eigenvalue weighted by atomic mass is 15.2. The first-order chi connectivity index (χ1) is 8.27. The van der Waals surface area contributed by atoms with Gasteiger partial charge in [-0.05, 0) is 51.0 Å². The lowest BCUT2D eigenvalue weighted by Gasteiger charge is -2.50. The Bertz CT molecular complexity index is 235. The minimum atomic E-state index is 0.308. The standard InChI is InChI=1S/C15H30N2/c1-3-10-15(4-2,12-16)17-11-6-8-13-7-5-9-14(13)17/h13-14H,3-12,16H2,1-2H3. The van der Waals surface area contributed by atoms with Crippen LogP contribution in [0.3, 0.4) is 0 Å². The predicted octanol–water partition coefficient (Wildman–Crippen LogP) is 3.16. The molecule has 0 radical (unpaired) electrons. The van der Waals surface area contributed by atoms with Crippen molar-refractivity contribution in [3.05, 3.63) is 0 Å². The molecule has 0 aromatic heterocycles. The fraction of sp³-hybridized carbons (Fsp3) is 1.00. The molecule has 1 heterocycles. The van der Waals surface area contributed by atoms with Crippen LogP contribution in [0.1, 0.15) is 65.2 Å². The second kappa shape index (κ2) is 5.71. The largest absolute Gasteiger partial charge is 0.329 e. The summed E-state index contributed by atoms with van der Waals surface area (Å²) in [7, 11) is 0. The van der Waals surface area contributed by atoms with Crippen molar-refractivity contribution in [2.45, 2.75) is 76.8 Å². The Hall–Kier alpha value is -0.0800. The van der Waals surface area contributed by atoms with E-state index in [1.807, 2.05) is 0 Å². The van der Waals surface area contributed by atoms with E-state index in [0.29, 0.717) is 5.54 Å². The van der Waals surface area contributed by atoms with E-state index >= 15 is 0 Å². The lowest BCUT2D eigenvalue weighted by atomic mass is 9.82. The van der Waals surface area contributed by atoms with E-state index in [-0.39, 0.29) is 0 Å². The van der Waals surface area contributed by atoms with Gasteiger partial charge in [0.05, 0.1) is 0 Å². The lowest BCUT2D eigenvalue weighted by Crippen LogP contribution is -2.60. The maximum absolute atomic E-state index is 6.18. The number of fused-ring (bicyclic) bond motifs is 1. The molecule has 3 unspecified atom stereocenters. The van der Waals surface area contributed by atoms with E-state index in [2.05, 4.69) is 18.7 Å². The van der Waals surface area contributed by atoms with Crippen LogP contribution in [0.2, 0.25) is 0 Å². The van der Waals surface area contributed by atoms with Crippen molar-refractivity contribution in [1.29, 1.82) is 0 Å². The van der Waals surface area contributed by atoms with Crippen LogP contribution in [0.5, 0.6) is 0 Å². The molecular weight excluding hydrogens is 208 g/mol. The normalized spacial score (nSPS) is 33.4. The van der Waals surface area contributed by atoms with Gasteiger partial charge in [-0.3, -0.25) is 4.90 Å². The zero-order valence-corrected chi connectivity index (χ0v) is 11.8. The quantitative estimate of drug-likeness (QED) is 0.797. The second-order valence-corrected chi connectivity index (χ2v) is 6.13. The van der Waals surface area contributed by atoms with Crippen molar-refractivity contribution in [3.8, 4) is 0 Å².